The maximum Gasteiger partial charge on any atom is 0.335 e. The molecule has 3 aromatic rings. The molecule has 37 heavy (non-hydrogen) atoms. The molecule has 2 saturated carbocycles. The molecule has 3 N–H and O–H groups in total. The predicted octanol–water partition coefficient (Wildman–Crippen LogP) is 3.13. The van der Waals surface area contributed by atoms with Gasteiger partial charge in [-0.15, -0.1) is 10.2 Å². The van der Waals surface area contributed by atoms with Crippen LogP contribution in [0.25, 0.3) is 16.7 Å². The second-order valence-corrected chi connectivity index (χ2v) is 9.68. The van der Waals surface area contributed by atoms with Crippen LogP contribution in [0.2, 0.25) is 0 Å². The van der Waals surface area contributed by atoms with Crippen molar-refractivity contribution in [2.45, 2.75) is 57.0 Å². The van der Waals surface area contributed by atoms with Crippen LogP contribution < -0.4 is 16.3 Å². The standard InChI is InChI=1S/C26H30N8O3/c1-15(34-21-10-7-17(24(35)36)12-22(21)33(3)26(34)37)4-11-23(27-2)29-18-8-9-19(13-18)30-25-28-14-20(31-32-25)16-5-6-16/h4,7,10-12,14,16,18-19,29H,2,5-6,8-9,13H2,1,3H3,(H,35,36)(H,28,30,32)/b15-4+,23-11+/t18-,19-/m0/s1. The fourth-order valence-corrected chi connectivity index (χ4v) is 4.78. The smallest absolute Gasteiger partial charge is 0.335 e. The van der Waals surface area contributed by atoms with Crippen molar-refractivity contribution >= 4 is 35.4 Å². The Morgan fingerprint density at radius 3 is 2.62 bits per heavy atom. The molecule has 0 radical (unpaired) electrons. The molecule has 1 aromatic carbocycles. The van der Waals surface area contributed by atoms with E-state index >= 15 is 0 Å². The minimum Gasteiger partial charge on any atom is -0.478 e. The van der Waals surface area contributed by atoms with Gasteiger partial charge in [0, 0.05) is 30.7 Å². The van der Waals surface area contributed by atoms with E-state index in [1.54, 1.807) is 29.8 Å². The van der Waals surface area contributed by atoms with Crippen molar-refractivity contribution in [1.82, 2.24) is 29.6 Å². The second-order valence-electron chi connectivity index (χ2n) is 9.68. The van der Waals surface area contributed by atoms with Gasteiger partial charge in [-0.2, -0.15) is 0 Å². The number of allylic oxidation sites excluding steroid dienone is 3. The van der Waals surface area contributed by atoms with Gasteiger partial charge in [-0.3, -0.25) is 9.13 Å². The molecule has 11 nitrogen and oxygen atoms in total. The molecule has 0 aliphatic heterocycles. The first kappa shape index (κ1) is 24.4. The number of hydrogen-bond acceptors (Lipinski definition) is 8. The summed E-state index contributed by atoms with van der Waals surface area (Å²) < 4.78 is 2.99. The van der Waals surface area contributed by atoms with Crippen molar-refractivity contribution in [2.24, 2.45) is 12.0 Å². The summed E-state index contributed by atoms with van der Waals surface area (Å²) in [5.74, 6) is 0.665. The Bertz CT molecular complexity index is 1460. The van der Waals surface area contributed by atoms with Crippen molar-refractivity contribution < 1.29 is 9.90 Å². The lowest BCUT2D eigenvalue weighted by atomic mass is 10.2. The van der Waals surface area contributed by atoms with Gasteiger partial charge < -0.3 is 15.7 Å². The van der Waals surface area contributed by atoms with Gasteiger partial charge >= 0.3 is 11.7 Å². The molecular weight excluding hydrogens is 472 g/mol. The summed E-state index contributed by atoms with van der Waals surface area (Å²) in [6.45, 7) is 5.50. The van der Waals surface area contributed by atoms with Gasteiger partial charge in [0.25, 0.3) is 0 Å². The van der Waals surface area contributed by atoms with Crippen LogP contribution in [0.3, 0.4) is 0 Å². The lowest BCUT2D eigenvalue weighted by molar-refractivity contribution is 0.0697. The first-order chi connectivity index (χ1) is 17.8. The Balaban J connectivity index is 1.25. The summed E-state index contributed by atoms with van der Waals surface area (Å²) in [6, 6.07) is 5.09. The van der Waals surface area contributed by atoms with Gasteiger partial charge in [0.1, 0.15) is 5.82 Å². The number of carboxylic acids is 1. The van der Waals surface area contributed by atoms with Gasteiger partial charge in [-0.1, -0.05) is 0 Å². The summed E-state index contributed by atoms with van der Waals surface area (Å²) in [4.78, 5) is 32.8. The second kappa shape index (κ2) is 10.00. The zero-order valence-corrected chi connectivity index (χ0v) is 20.9. The third-order valence-electron chi connectivity index (χ3n) is 7.00. The minimum atomic E-state index is -1.04. The number of nitrogens with zero attached hydrogens (tertiary/aromatic N) is 6. The highest BCUT2D eigenvalue weighted by Gasteiger charge is 2.27. The molecule has 2 heterocycles. The van der Waals surface area contributed by atoms with E-state index in [-0.39, 0.29) is 23.3 Å². The zero-order valence-electron chi connectivity index (χ0n) is 20.9. The average Bonchev–Trinajstić information content (AvgIpc) is 3.61. The van der Waals surface area contributed by atoms with Crippen LogP contribution in [0, 0.1) is 0 Å². The number of nitrogens with one attached hydrogen (secondary N) is 2. The van der Waals surface area contributed by atoms with E-state index in [2.05, 4.69) is 37.5 Å². The van der Waals surface area contributed by atoms with Gasteiger partial charge in [0.05, 0.1) is 28.5 Å². The SMILES string of the molecule is C=N/C(=C\C=C(/C)n1c(=O)n(C)c2cc(C(=O)O)ccc21)N[C@H]1CC[C@H](Nc2ncc(C3CC3)nn2)C1. The highest BCUT2D eigenvalue weighted by molar-refractivity contribution is 5.93. The quantitative estimate of drug-likeness (QED) is 0.300. The molecule has 2 atom stereocenters. The number of rotatable bonds is 9. The van der Waals surface area contributed by atoms with Crippen molar-refractivity contribution in [2.75, 3.05) is 5.32 Å². The first-order valence-corrected chi connectivity index (χ1v) is 12.4. The van der Waals surface area contributed by atoms with Crippen LogP contribution in [0.5, 0.6) is 0 Å². The number of aliphatic imine (C=N–C) groups is 1. The molecule has 0 amide bonds. The van der Waals surface area contributed by atoms with Crippen LogP contribution in [0.4, 0.5) is 5.95 Å². The molecule has 2 aromatic heterocycles. The number of imidazole rings is 1. The Kier molecular flexibility index (Phi) is 6.60. The fourth-order valence-electron chi connectivity index (χ4n) is 4.78. The van der Waals surface area contributed by atoms with E-state index in [1.807, 2.05) is 13.1 Å². The molecule has 0 unspecified atom stereocenters. The Morgan fingerprint density at radius 1 is 1.16 bits per heavy atom. The maximum atomic E-state index is 12.9. The van der Waals surface area contributed by atoms with E-state index in [4.69, 9.17) is 0 Å². The van der Waals surface area contributed by atoms with Crippen LogP contribution in [0.1, 0.15) is 61.0 Å². The molecule has 0 spiro atoms. The average molecular weight is 503 g/mol. The Labute approximate surface area is 213 Å². The Hall–Kier alpha value is -4.28. The number of benzene rings is 1. The largest absolute Gasteiger partial charge is 0.478 e. The van der Waals surface area contributed by atoms with Crippen molar-refractivity contribution in [3.8, 4) is 0 Å². The van der Waals surface area contributed by atoms with Gasteiger partial charge in [-0.25, -0.2) is 19.6 Å². The van der Waals surface area contributed by atoms with Crippen molar-refractivity contribution in [3.05, 3.63) is 64.1 Å². The highest BCUT2D eigenvalue weighted by Crippen LogP contribution is 2.38. The third-order valence-corrected chi connectivity index (χ3v) is 7.00. The highest BCUT2D eigenvalue weighted by atomic mass is 16.4. The number of aromatic carboxylic acids is 1. The van der Waals surface area contributed by atoms with Gasteiger partial charge in [0.15, 0.2) is 0 Å². The molecule has 5 rings (SSSR count). The summed E-state index contributed by atoms with van der Waals surface area (Å²) in [6.07, 6.45) is 10.6. The summed E-state index contributed by atoms with van der Waals surface area (Å²) in [5.41, 5.74) is 2.70. The molecule has 0 bridgehead atoms. The van der Waals surface area contributed by atoms with E-state index < -0.39 is 5.97 Å². The molecule has 2 aliphatic carbocycles. The topological polar surface area (TPSA) is 139 Å². The van der Waals surface area contributed by atoms with Crippen molar-refractivity contribution in [1.29, 1.82) is 0 Å². The van der Waals surface area contributed by atoms with Crippen LogP contribution in [-0.2, 0) is 7.05 Å². The van der Waals surface area contributed by atoms with Gasteiger partial charge in [0.2, 0.25) is 5.95 Å². The third kappa shape index (κ3) is 5.16. The molecule has 0 saturated heterocycles. The number of carbonyl (C=O) groups is 1. The predicted molar refractivity (Wildman–Crippen MR) is 142 cm³/mol. The Morgan fingerprint density at radius 2 is 1.95 bits per heavy atom. The number of aryl methyl sites for hydroxylation is 1. The zero-order chi connectivity index (χ0) is 26.1. The van der Waals surface area contributed by atoms with Gasteiger partial charge in [-0.05, 0) is 76.1 Å². The molecular formula is C26H30N8O3. The minimum absolute atomic E-state index is 0.131. The first-order valence-electron chi connectivity index (χ1n) is 12.4. The van der Waals surface area contributed by atoms with E-state index in [1.165, 1.54) is 29.5 Å². The fraction of sp³-hybridized carbons (Fsp3) is 0.385. The number of fused-ring (bicyclic) bond motifs is 1. The monoisotopic (exact) mass is 502 g/mol. The maximum absolute atomic E-state index is 12.9. The number of aromatic nitrogens is 5. The molecule has 2 aliphatic rings. The number of hydrogen-bond donors (Lipinski definition) is 3. The van der Waals surface area contributed by atoms with E-state index in [0.29, 0.717) is 34.4 Å². The lowest BCUT2D eigenvalue weighted by Crippen LogP contribution is -2.27. The van der Waals surface area contributed by atoms with Crippen molar-refractivity contribution in [3.63, 3.8) is 0 Å². The summed E-state index contributed by atoms with van der Waals surface area (Å²) in [7, 11) is 1.63. The van der Waals surface area contributed by atoms with Crippen LogP contribution in [-0.4, -0.2) is 54.2 Å². The normalized spacial score (nSPS) is 20.3. The molecule has 11 heteroatoms. The molecule has 2 fully saturated rings. The van der Waals surface area contributed by atoms with Crippen LogP contribution in [0.15, 0.2) is 52.2 Å². The van der Waals surface area contributed by atoms with E-state index in [9.17, 15) is 14.7 Å². The van der Waals surface area contributed by atoms with Crippen LogP contribution >= 0.6 is 0 Å². The van der Waals surface area contributed by atoms with E-state index in [0.717, 1.165) is 25.0 Å². The summed E-state index contributed by atoms with van der Waals surface area (Å²) >= 11 is 0. The lowest BCUT2D eigenvalue weighted by Gasteiger charge is -2.15. The number of carboxylic acid groups (broad SMARTS) is 1. The number of anilines is 1. The summed E-state index contributed by atoms with van der Waals surface area (Å²) in [5, 5.41) is 24.6. The molecule has 192 valence electrons.